The van der Waals surface area contributed by atoms with Gasteiger partial charge in [-0.15, -0.1) is 24.0 Å². The number of hydrogen-bond acceptors (Lipinski definition) is 2. The van der Waals surface area contributed by atoms with Gasteiger partial charge in [0.15, 0.2) is 5.96 Å². The number of rotatable bonds is 5. The van der Waals surface area contributed by atoms with E-state index in [0.29, 0.717) is 12.1 Å². The first-order chi connectivity index (χ1) is 12.2. The topological polar surface area (TPSA) is 54.2 Å². The van der Waals surface area contributed by atoms with Gasteiger partial charge in [-0.3, -0.25) is 9.67 Å². The van der Waals surface area contributed by atoms with Gasteiger partial charge in [-0.25, -0.2) is 0 Å². The summed E-state index contributed by atoms with van der Waals surface area (Å²) in [6.07, 6.45) is 14.3. The van der Waals surface area contributed by atoms with Crippen LogP contribution in [0.5, 0.6) is 0 Å². The van der Waals surface area contributed by atoms with Crippen LogP contribution in [0.15, 0.2) is 22.8 Å². The lowest BCUT2D eigenvalue weighted by atomic mass is 9.94. The third kappa shape index (κ3) is 5.72. The van der Waals surface area contributed by atoms with Crippen molar-refractivity contribution >= 4 is 29.9 Å². The molecule has 2 N–H and O–H groups in total. The molecule has 6 heteroatoms. The van der Waals surface area contributed by atoms with Crippen molar-refractivity contribution in [2.24, 2.45) is 4.99 Å². The van der Waals surface area contributed by atoms with Gasteiger partial charge in [-0.2, -0.15) is 5.10 Å². The van der Waals surface area contributed by atoms with E-state index in [0.717, 1.165) is 38.2 Å². The number of allylic oxidation sites excluding steroid dienone is 1. The van der Waals surface area contributed by atoms with Gasteiger partial charge in [-0.1, -0.05) is 11.6 Å². The fourth-order valence-corrected chi connectivity index (χ4v) is 3.76. The van der Waals surface area contributed by atoms with Crippen LogP contribution in [0.3, 0.4) is 0 Å². The molecular weight excluding hydrogens is 437 g/mol. The van der Waals surface area contributed by atoms with Crippen molar-refractivity contribution in [3.8, 4) is 0 Å². The lowest BCUT2D eigenvalue weighted by molar-refractivity contribution is 0.499. The molecule has 0 amide bonds. The SMILES string of the molecule is CN=C(NCCC1=CCCCC1)NC1CCc2cn(C(C)C)nc2C1.I. The fourth-order valence-electron chi connectivity index (χ4n) is 3.76. The van der Waals surface area contributed by atoms with Crippen molar-refractivity contribution in [2.75, 3.05) is 13.6 Å². The van der Waals surface area contributed by atoms with Gasteiger partial charge in [0.1, 0.15) is 0 Å². The van der Waals surface area contributed by atoms with Gasteiger partial charge in [0.25, 0.3) is 0 Å². The van der Waals surface area contributed by atoms with Crippen LogP contribution in [-0.2, 0) is 12.8 Å². The lowest BCUT2D eigenvalue weighted by Gasteiger charge is -2.24. The summed E-state index contributed by atoms with van der Waals surface area (Å²) in [5.74, 6) is 0.924. The van der Waals surface area contributed by atoms with Crippen molar-refractivity contribution in [2.45, 2.75) is 77.3 Å². The molecule has 146 valence electrons. The first kappa shape index (κ1) is 21.3. The fraction of sp³-hybridized carbons (Fsp3) is 0.700. The minimum Gasteiger partial charge on any atom is -0.356 e. The van der Waals surface area contributed by atoms with Gasteiger partial charge in [-0.05, 0) is 64.4 Å². The standard InChI is InChI=1S/C20H33N5.HI/c1-15(2)25-14-17-9-10-18(13-19(17)24-25)23-20(21-3)22-12-11-16-7-5-4-6-8-16;/h7,14-15,18H,4-6,8-13H2,1-3H3,(H2,21,22,23);1H. The summed E-state index contributed by atoms with van der Waals surface area (Å²) >= 11 is 0. The van der Waals surface area contributed by atoms with Crippen molar-refractivity contribution in [1.29, 1.82) is 0 Å². The number of aromatic nitrogens is 2. The minimum absolute atomic E-state index is 0. The molecule has 0 spiro atoms. The van der Waals surface area contributed by atoms with Crippen LogP contribution in [-0.4, -0.2) is 35.4 Å². The molecule has 1 aromatic heterocycles. The first-order valence-electron chi connectivity index (χ1n) is 9.87. The Kier molecular flexibility index (Phi) is 8.44. The highest BCUT2D eigenvalue weighted by molar-refractivity contribution is 14.0. The van der Waals surface area contributed by atoms with Crippen LogP contribution >= 0.6 is 24.0 Å². The Labute approximate surface area is 175 Å². The summed E-state index contributed by atoms with van der Waals surface area (Å²) in [5.41, 5.74) is 4.27. The number of halogens is 1. The Balaban J connectivity index is 0.00000243. The lowest BCUT2D eigenvalue weighted by Crippen LogP contribution is -2.46. The van der Waals surface area contributed by atoms with Gasteiger partial charge in [0, 0.05) is 38.3 Å². The van der Waals surface area contributed by atoms with E-state index in [-0.39, 0.29) is 24.0 Å². The second-order valence-electron chi connectivity index (χ2n) is 7.62. The van der Waals surface area contributed by atoms with Gasteiger partial charge in [0.2, 0.25) is 0 Å². The van der Waals surface area contributed by atoms with E-state index >= 15 is 0 Å². The molecule has 1 aromatic rings. The molecule has 0 aliphatic heterocycles. The molecular formula is C20H34IN5. The van der Waals surface area contributed by atoms with E-state index in [9.17, 15) is 0 Å². The maximum absolute atomic E-state index is 4.77. The number of fused-ring (bicyclic) bond motifs is 1. The van der Waals surface area contributed by atoms with Crippen LogP contribution in [0.25, 0.3) is 0 Å². The van der Waals surface area contributed by atoms with Gasteiger partial charge >= 0.3 is 0 Å². The molecule has 5 nitrogen and oxygen atoms in total. The minimum atomic E-state index is 0. The number of hydrogen-bond donors (Lipinski definition) is 2. The summed E-state index contributed by atoms with van der Waals surface area (Å²) in [5, 5.41) is 11.8. The average Bonchev–Trinajstić information content (AvgIpc) is 3.05. The Bertz CT molecular complexity index is 632. The predicted molar refractivity (Wildman–Crippen MR) is 120 cm³/mol. The highest BCUT2D eigenvalue weighted by Crippen LogP contribution is 2.22. The Morgan fingerprint density at radius 1 is 1.35 bits per heavy atom. The molecule has 2 aliphatic rings. The van der Waals surface area contributed by atoms with Crippen molar-refractivity contribution < 1.29 is 0 Å². The van der Waals surface area contributed by atoms with Crippen LogP contribution in [0, 0.1) is 0 Å². The second-order valence-corrected chi connectivity index (χ2v) is 7.62. The van der Waals surface area contributed by atoms with Crippen LogP contribution in [0.1, 0.15) is 69.7 Å². The molecule has 0 saturated heterocycles. The van der Waals surface area contributed by atoms with E-state index in [1.54, 1.807) is 5.57 Å². The molecule has 1 atom stereocenters. The highest BCUT2D eigenvalue weighted by atomic mass is 127. The monoisotopic (exact) mass is 471 g/mol. The van der Waals surface area contributed by atoms with Crippen molar-refractivity contribution in [1.82, 2.24) is 20.4 Å². The van der Waals surface area contributed by atoms with E-state index in [1.165, 1.54) is 36.9 Å². The molecule has 26 heavy (non-hydrogen) atoms. The Morgan fingerprint density at radius 3 is 2.88 bits per heavy atom. The molecule has 1 heterocycles. The number of aliphatic imine (C=N–C) groups is 1. The summed E-state index contributed by atoms with van der Waals surface area (Å²) in [6, 6.07) is 0.851. The van der Waals surface area contributed by atoms with E-state index in [2.05, 4.69) is 46.4 Å². The van der Waals surface area contributed by atoms with Crippen LogP contribution in [0.4, 0.5) is 0 Å². The van der Waals surface area contributed by atoms with E-state index in [1.807, 2.05) is 7.05 Å². The number of aryl methyl sites for hydroxylation is 1. The second kappa shape index (κ2) is 10.3. The zero-order valence-electron chi connectivity index (χ0n) is 16.4. The third-order valence-electron chi connectivity index (χ3n) is 5.31. The zero-order chi connectivity index (χ0) is 17.6. The number of guanidine groups is 1. The molecule has 0 bridgehead atoms. The Morgan fingerprint density at radius 2 is 2.19 bits per heavy atom. The van der Waals surface area contributed by atoms with Crippen LogP contribution < -0.4 is 10.6 Å². The Hall–Kier alpha value is -1.05. The normalized spacial score (nSPS) is 20.2. The molecule has 0 radical (unpaired) electrons. The highest BCUT2D eigenvalue weighted by Gasteiger charge is 2.22. The van der Waals surface area contributed by atoms with Gasteiger partial charge < -0.3 is 10.6 Å². The molecule has 0 aromatic carbocycles. The molecule has 2 aliphatic carbocycles. The average molecular weight is 471 g/mol. The predicted octanol–water partition coefficient (Wildman–Crippen LogP) is 3.99. The molecule has 0 saturated carbocycles. The summed E-state index contributed by atoms with van der Waals surface area (Å²) in [4.78, 5) is 4.40. The van der Waals surface area contributed by atoms with Crippen molar-refractivity contribution in [3.63, 3.8) is 0 Å². The number of nitrogens with zero attached hydrogens (tertiary/aromatic N) is 3. The van der Waals surface area contributed by atoms with Gasteiger partial charge in [0.05, 0.1) is 5.69 Å². The van der Waals surface area contributed by atoms with Crippen LogP contribution in [0.2, 0.25) is 0 Å². The van der Waals surface area contributed by atoms with Crippen molar-refractivity contribution in [3.05, 3.63) is 29.1 Å². The molecule has 3 rings (SSSR count). The quantitative estimate of drug-likeness (QED) is 0.296. The summed E-state index contributed by atoms with van der Waals surface area (Å²) < 4.78 is 2.10. The first-order valence-corrected chi connectivity index (χ1v) is 9.87. The van der Waals surface area contributed by atoms with E-state index < -0.39 is 0 Å². The maximum Gasteiger partial charge on any atom is 0.191 e. The molecule has 0 fully saturated rings. The number of nitrogens with one attached hydrogen (secondary N) is 2. The maximum atomic E-state index is 4.77. The summed E-state index contributed by atoms with van der Waals surface area (Å²) in [7, 11) is 1.86. The largest absolute Gasteiger partial charge is 0.356 e. The zero-order valence-corrected chi connectivity index (χ0v) is 18.8. The summed E-state index contributed by atoms with van der Waals surface area (Å²) in [6.45, 7) is 5.33. The smallest absolute Gasteiger partial charge is 0.191 e. The third-order valence-corrected chi connectivity index (χ3v) is 5.31. The van der Waals surface area contributed by atoms with E-state index in [4.69, 9.17) is 5.10 Å². The molecule has 1 unspecified atom stereocenters.